The van der Waals surface area contributed by atoms with Gasteiger partial charge in [0, 0.05) is 39.4 Å². The Balaban J connectivity index is 0.973. The number of hydrogen-bond acceptors (Lipinski definition) is 2. The van der Waals surface area contributed by atoms with E-state index in [1.165, 1.54) is 83.6 Å². The zero-order chi connectivity index (χ0) is 44.0. The lowest BCUT2D eigenvalue weighted by atomic mass is 9.70. The van der Waals surface area contributed by atoms with Gasteiger partial charge in [-0.1, -0.05) is 190 Å². The molecule has 0 saturated heterocycles. The minimum atomic E-state index is -0.436. The first kappa shape index (κ1) is 38.3. The van der Waals surface area contributed by atoms with Crippen LogP contribution in [0, 0.1) is 0 Å². The summed E-state index contributed by atoms with van der Waals surface area (Å²) in [6.07, 6.45) is 0. The largest absolute Gasteiger partial charge is 0.311 e. The summed E-state index contributed by atoms with van der Waals surface area (Å²) in [7, 11) is 0. The van der Waals surface area contributed by atoms with E-state index in [9.17, 15) is 0 Å². The van der Waals surface area contributed by atoms with Gasteiger partial charge in [-0.3, -0.25) is 0 Å². The van der Waals surface area contributed by atoms with Gasteiger partial charge >= 0.3 is 0 Å². The predicted octanol–water partition coefficient (Wildman–Crippen LogP) is 16.9. The first-order chi connectivity index (χ1) is 32.5. The molecule has 1 spiro atoms. The average molecular weight is 843 g/mol. The first-order valence-electron chi connectivity index (χ1n) is 23.1. The van der Waals surface area contributed by atoms with Crippen molar-refractivity contribution in [2.24, 2.45) is 0 Å². The number of rotatable bonds is 7. The van der Waals surface area contributed by atoms with Crippen LogP contribution in [-0.4, -0.2) is 0 Å². The van der Waals surface area contributed by atoms with Gasteiger partial charge in [-0.25, -0.2) is 0 Å². The lowest BCUT2D eigenvalue weighted by Gasteiger charge is -2.32. The summed E-state index contributed by atoms with van der Waals surface area (Å²) in [6, 6.07) is 89.8. The number of hydrogen-bond donors (Lipinski definition) is 0. The highest BCUT2D eigenvalue weighted by molar-refractivity contribution is 6.01. The van der Waals surface area contributed by atoms with Crippen molar-refractivity contribution in [3.63, 3.8) is 0 Å². The van der Waals surface area contributed by atoms with Crippen LogP contribution in [-0.2, 0) is 10.8 Å². The summed E-state index contributed by atoms with van der Waals surface area (Å²) < 4.78 is 0. The lowest BCUT2D eigenvalue weighted by molar-refractivity contribution is 0.660. The van der Waals surface area contributed by atoms with Crippen LogP contribution in [0.2, 0.25) is 0 Å². The molecule has 66 heavy (non-hydrogen) atoms. The molecule has 10 aromatic carbocycles. The number of fused-ring (bicyclic) bond motifs is 13. The van der Waals surface area contributed by atoms with Crippen LogP contribution in [0.1, 0.15) is 47.2 Å². The van der Waals surface area contributed by atoms with E-state index in [1.807, 2.05) is 0 Å². The summed E-state index contributed by atoms with van der Waals surface area (Å²) >= 11 is 0. The van der Waals surface area contributed by atoms with Crippen molar-refractivity contribution in [3.8, 4) is 44.5 Å². The summed E-state index contributed by atoms with van der Waals surface area (Å²) in [5.41, 5.74) is 24.5. The standard InChI is InChI=1S/C64H46N2/c1-63(2)55-26-13-9-22-50(55)53-41-40-49(42-60(53)63)66(48-38-34-44(35-39-48)43-32-36-47(37-33-43)65(45-18-5-3-6-19-45)46-20-7-4-8-21-46)61-31-17-30-59-62(61)54-25-12-16-29-58(54)64(59)56-27-14-10-23-51(56)52-24-11-15-28-57(52)64/h3-42H,1-2H3. The molecular weight excluding hydrogens is 797 g/mol. The van der Waals surface area contributed by atoms with Crippen molar-refractivity contribution in [2.75, 3.05) is 9.80 Å². The molecule has 0 atom stereocenters. The molecule has 0 N–H and O–H groups in total. The molecule has 3 aliphatic carbocycles. The van der Waals surface area contributed by atoms with Crippen LogP contribution in [0.3, 0.4) is 0 Å². The highest BCUT2D eigenvalue weighted by Gasteiger charge is 2.52. The minimum absolute atomic E-state index is 0.146. The van der Waals surface area contributed by atoms with E-state index in [0.717, 1.165) is 28.4 Å². The Labute approximate surface area is 387 Å². The Morgan fingerprint density at radius 1 is 0.273 bits per heavy atom. The zero-order valence-corrected chi connectivity index (χ0v) is 37.0. The third-order valence-corrected chi connectivity index (χ3v) is 14.7. The first-order valence-corrected chi connectivity index (χ1v) is 23.1. The Hall–Kier alpha value is -8.20. The van der Waals surface area contributed by atoms with Gasteiger partial charge in [0.05, 0.1) is 11.1 Å². The molecule has 0 radical (unpaired) electrons. The Bertz CT molecular complexity index is 3410. The summed E-state index contributed by atoms with van der Waals surface area (Å²) in [5, 5.41) is 0. The van der Waals surface area contributed by atoms with Crippen molar-refractivity contribution < 1.29 is 0 Å². The van der Waals surface area contributed by atoms with Gasteiger partial charge in [-0.2, -0.15) is 0 Å². The quantitative estimate of drug-likeness (QED) is 0.158. The van der Waals surface area contributed by atoms with E-state index < -0.39 is 5.41 Å². The van der Waals surface area contributed by atoms with Crippen LogP contribution in [0.5, 0.6) is 0 Å². The number of benzene rings is 10. The second-order valence-corrected chi connectivity index (χ2v) is 18.4. The summed E-state index contributed by atoms with van der Waals surface area (Å²) in [5.74, 6) is 0. The summed E-state index contributed by atoms with van der Waals surface area (Å²) in [4.78, 5) is 4.83. The molecular formula is C64H46N2. The maximum atomic E-state index is 2.52. The molecule has 0 bridgehead atoms. The number of anilines is 6. The summed E-state index contributed by atoms with van der Waals surface area (Å²) in [6.45, 7) is 4.75. The predicted molar refractivity (Wildman–Crippen MR) is 275 cm³/mol. The highest BCUT2D eigenvalue weighted by atomic mass is 15.1. The van der Waals surface area contributed by atoms with Gasteiger partial charge in [-0.15, -0.1) is 0 Å². The van der Waals surface area contributed by atoms with Crippen molar-refractivity contribution >= 4 is 34.1 Å². The van der Waals surface area contributed by atoms with Gasteiger partial charge < -0.3 is 9.80 Å². The van der Waals surface area contributed by atoms with Gasteiger partial charge in [0.25, 0.3) is 0 Å². The fourth-order valence-corrected chi connectivity index (χ4v) is 11.8. The maximum absolute atomic E-state index is 2.52. The lowest BCUT2D eigenvalue weighted by Crippen LogP contribution is -2.26. The number of nitrogens with zero attached hydrogens (tertiary/aromatic N) is 2. The van der Waals surface area contributed by atoms with Gasteiger partial charge in [-0.05, 0) is 139 Å². The molecule has 0 heterocycles. The second-order valence-electron chi connectivity index (χ2n) is 18.4. The molecule has 13 rings (SSSR count). The van der Waals surface area contributed by atoms with E-state index in [0.29, 0.717) is 0 Å². The molecule has 0 aliphatic heterocycles. The molecule has 0 fully saturated rings. The molecule has 0 saturated carbocycles. The molecule has 312 valence electrons. The van der Waals surface area contributed by atoms with Gasteiger partial charge in [0.1, 0.15) is 0 Å². The highest BCUT2D eigenvalue weighted by Crippen LogP contribution is 2.65. The van der Waals surface area contributed by atoms with Crippen LogP contribution >= 0.6 is 0 Å². The van der Waals surface area contributed by atoms with E-state index in [2.05, 4.69) is 266 Å². The zero-order valence-electron chi connectivity index (χ0n) is 37.0. The third-order valence-electron chi connectivity index (χ3n) is 14.7. The third kappa shape index (κ3) is 5.48. The Morgan fingerprint density at radius 3 is 1.23 bits per heavy atom. The molecule has 0 unspecified atom stereocenters. The fraction of sp³-hybridized carbons (Fsp3) is 0.0625. The van der Waals surface area contributed by atoms with Crippen molar-refractivity contribution in [1.29, 1.82) is 0 Å². The van der Waals surface area contributed by atoms with E-state index in [-0.39, 0.29) is 5.41 Å². The van der Waals surface area contributed by atoms with Crippen molar-refractivity contribution in [1.82, 2.24) is 0 Å². The minimum Gasteiger partial charge on any atom is -0.311 e. The fourth-order valence-electron chi connectivity index (χ4n) is 11.8. The van der Waals surface area contributed by atoms with E-state index in [4.69, 9.17) is 0 Å². The monoisotopic (exact) mass is 842 g/mol. The van der Waals surface area contributed by atoms with E-state index in [1.54, 1.807) is 0 Å². The topological polar surface area (TPSA) is 6.48 Å². The van der Waals surface area contributed by atoms with Gasteiger partial charge in [0.2, 0.25) is 0 Å². The smallest absolute Gasteiger partial charge is 0.0726 e. The van der Waals surface area contributed by atoms with Crippen LogP contribution < -0.4 is 9.80 Å². The molecule has 2 nitrogen and oxygen atoms in total. The molecule has 2 heteroatoms. The molecule has 10 aromatic rings. The van der Waals surface area contributed by atoms with Crippen molar-refractivity contribution in [2.45, 2.75) is 24.7 Å². The maximum Gasteiger partial charge on any atom is 0.0726 e. The Kier molecular flexibility index (Phi) is 8.51. The van der Waals surface area contributed by atoms with E-state index >= 15 is 0 Å². The van der Waals surface area contributed by atoms with Crippen molar-refractivity contribution in [3.05, 3.63) is 276 Å². The molecule has 0 aromatic heterocycles. The van der Waals surface area contributed by atoms with Crippen LogP contribution in [0.25, 0.3) is 44.5 Å². The second kappa shape index (κ2) is 14.7. The number of para-hydroxylation sites is 2. The molecule has 0 amide bonds. The van der Waals surface area contributed by atoms with Gasteiger partial charge in [0.15, 0.2) is 0 Å². The van der Waals surface area contributed by atoms with Crippen LogP contribution in [0.4, 0.5) is 34.1 Å². The SMILES string of the molecule is CC1(C)c2ccccc2-c2ccc(N(c3ccc(-c4ccc(N(c5ccccc5)c5ccccc5)cc4)cc3)c3cccc4c3-c3ccccc3C43c4ccccc4-c4ccccc43)cc21. The van der Waals surface area contributed by atoms with Crippen LogP contribution in [0.15, 0.2) is 243 Å². The average Bonchev–Trinajstić information content (AvgIpc) is 3.94. The normalized spacial score (nSPS) is 13.8. The Morgan fingerprint density at radius 2 is 0.667 bits per heavy atom. The molecule has 3 aliphatic rings.